The third kappa shape index (κ3) is 4.36. The SMILES string of the molecule is COc1ccccc1CC(C)NCc1ccc(Br)cc1. The van der Waals surface area contributed by atoms with Gasteiger partial charge < -0.3 is 10.1 Å². The molecule has 0 aliphatic carbocycles. The molecule has 0 aromatic heterocycles. The summed E-state index contributed by atoms with van der Waals surface area (Å²) in [6.45, 7) is 3.08. The van der Waals surface area contributed by atoms with Gasteiger partial charge in [0.05, 0.1) is 7.11 Å². The van der Waals surface area contributed by atoms with Crippen molar-refractivity contribution in [2.45, 2.75) is 25.9 Å². The van der Waals surface area contributed by atoms with E-state index in [1.54, 1.807) is 7.11 Å². The highest BCUT2D eigenvalue weighted by atomic mass is 79.9. The van der Waals surface area contributed by atoms with Crippen LogP contribution in [0.3, 0.4) is 0 Å². The molecule has 0 saturated heterocycles. The van der Waals surface area contributed by atoms with Crippen LogP contribution in [-0.4, -0.2) is 13.2 Å². The molecule has 0 bridgehead atoms. The largest absolute Gasteiger partial charge is 0.496 e. The smallest absolute Gasteiger partial charge is 0.122 e. The molecule has 0 saturated carbocycles. The van der Waals surface area contributed by atoms with Crippen LogP contribution < -0.4 is 10.1 Å². The first-order valence-corrected chi connectivity index (χ1v) is 7.58. The van der Waals surface area contributed by atoms with Crippen molar-refractivity contribution < 1.29 is 4.74 Å². The second-order valence-corrected chi connectivity index (χ2v) is 5.84. The number of benzene rings is 2. The lowest BCUT2D eigenvalue weighted by Gasteiger charge is -2.16. The van der Waals surface area contributed by atoms with Crippen LogP contribution in [0.4, 0.5) is 0 Å². The Morgan fingerprint density at radius 2 is 1.80 bits per heavy atom. The van der Waals surface area contributed by atoms with Gasteiger partial charge in [-0.1, -0.05) is 46.3 Å². The number of hydrogen-bond donors (Lipinski definition) is 1. The molecule has 2 rings (SSSR count). The molecule has 1 N–H and O–H groups in total. The molecular formula is C17H20BrNO. The van der Waals surface area contributed by atoms with Crippen molar-refractivity contribution >= 4 is 15.9 Å². The average molecular weight is 334 g/mol. The predicted octanol–water partition coefficient (Wildman–Crippen LogP) is 4.18. The molecule has 0 fully saturated rings. The van der Waals surface area contributed by atoms with Crippen molar-refractivity contribution in [3.8, 4) is 5.75 Å². The maximum Gasteiger partial charge on any atom is 0.122 e. The van der Waals surface area contributed by atoms with E-state index >= 15 is 0 Å². The molecule has 0 amide bonds. The monoisotopic (exact) mass is 333 g/mol. The highest BCUT2D eigenvalue weighted by Crippen LogP contribution is 2.19. The number of nitrogens with one attached hydrogen (secondary N) is 1. The Hall–Kier alpha value is -1.32. The van der Waals surface area contributed by atoms with Crippen LogP contribution in [0.2, 0.25) is 0 Å². The van der Waals surface area contributed by atoms with E-state index in [9.17, 15) is 0 Å². The predicted molar refractivity (Wildman–Crippen MR) is 87.1 cm³/mol. The molecule has 0 heterocycles. The topological polar surface area (TPSA) is 21.3 Å². The van der Waals surface area contributed by atoms with E-state index in [2.05, 4.69) is 64.6 Å². The van der Waals surface area contributed by atoms with Gasteiger partial charge in [-0.25, -0.2) is 0 Å². The molecular weight excluding hydrogens is 314 g/mol. The third-order valence-corrected chi connectivity index (χ3v) is 3.82. The quantitative estimate of drug-likeness (QED) is 0.856. The van der Waals surface area contributed by atoms with Crippen LogP contribution in [0.15, 0.2) is 53.0 Å². The Kier molecular flexibility index (Phi) is 5.62. The maximum absolute atomic E-state index is 5.39. The van der Waals surface area contributed by atoms with Crippen molar-refractivity contribution in [3.63, 3.8) is 0 Å². The van der Waals surface area contributed by atoms with Crippen LogP contribution in [0.1, 0.15) is 18.1 Å². The van der Waals surface area contributed by atoms with Crippen LogP contribution in [0.5, 0.6) is 5.75 Å². The minimum absolute atomic E-state index is 0.398. The molecule has 0 radical (unpaired) electrons. The minimum Gasteiger partial charge on any atom is -0.496 e. The van der Waals surface area contributed by atoms with E-state index in [1.165, 1.54) is 11.1 Å². The number of para-hydroxylation sites is 1. The Morgan fingerprint density at radius 3 is 2.50 bits per heavy atom. The second kappa shape index (κ2) is 7.46. The van der Waals surface area contributed by atoms with Crippen LogP contribution >= 0.6 is 15.9 Å². The van der Waals surface area contributed by atoms with Crippen LogP contribution in [0.25, 0.3) is 0 Å². The Bertz CT molecular complexity index is 539. The van der Waals surface area contributed by atoms with E-state index in [1.807, 2.05) is 12.1 Å². The zero-order valence-corrected chi connectivity index (χ0v) is 13.5. The first-order chi connectivity index (χ1) is 9.69. The summed E-state index contributed by atoms with van der Waals surface area (Å²) in [6, 6.07) is 17.0. The number of hydrogen-bond acceptors (Lipinski definition) is 2. The van der Waals surface area contributed by atoms with Crippen molar-refractivity contribution in [2.24, 2.45) is 0 Å². The van der Waals surface area contributed by atoms with Gasteiger partial charge in [0.2, 0.25) is 0 Å². The molecule has 2 aromatic carbocycles. The van der Waals surface area contributed by atoms with Crippen molar-refractivity contribution in [1.29, 1.82) is 0 Å². The lowest BCUT2D eigenvalue weighted by atomic mass is 10.1. The minimum atomic E-state index is 0.398. The van der Waals surface area contributed by atoms with Crippen LogP contribution in [0, 0.1) is 0 Å². The van der Waals surface area contributed by atoms with Crippen molar-refractivity contribution in [3.05, 3.63) is 64.1 Å². The molecule has 106 valence electrons. The zero-order valence-electron chi connectivity index (χ0n) is 11.9. The number of halogens is 1. The highest BCUT2D eigenvalue weighted by molar-refractivity contribution is 9.10. The molecule has 1 unspecified atom stereocenters. The van der Waals surface area contributed by atoms with Gasteiger partial charge >= 0.3 is 0 Å². The summed E-state index contributed by atoms with van der Waals surface area (Å²) < 4.78 is 6.50. The van der Waals surface area contributed by atoms with E-state index < -0.39 is 0 Å². The first-order valence-electron chi connectivity index (χ1n) is 6.79. The van der Waals surface area contributed by atoms with Gasteiger partial charge in [-0.05, 0) is 42.7 Å². The summed E-state index contributed by atoms with van der Waals surface area (Å²) in [5.74, 6) is 0.963. The summed E-state index contributed by atoms with van der Waals surface area (Å²) in [4.78, 5) is 0. The van der Waals surface area contributed by atoms with Gasteiger partial charge in [0, 0.05) is 17.1 Å². The highest BCUT2D eigenvalue weighted by Gasteiger charge is 2.07. The van der Waals surface area contributed by atoms with E-state index in [-0.39, 0.29) is 0 Å². The van der Waals surface area contributed by atoms with Gasteiger partial charge in [0.1, 0.15) is 5.75 Å². The fourth-order valence-corrected chi connectivity index (χ4v) is 2.43. The fourth-order valence-electron chi connectivity index (χ4n) is 2.17. The summed E-state index contributed by atoms with van der Waals surface area (Å²) in [5, 5.41) is 3.55. The number of methoxy groups -OCH3 is 1. The Labute approximate surface area is 129 Å². The fraction of sp³-hybridized carbons (Fsp3) is 0.294. The molecule has 2 aromatic rings. The molecule has 0 aliphatic rings. The third-order valence-electron chi connectivity index (χ3n) is 3.29. The van der Waals surface area contributed by atoms with Crippen molar-refractivity contribution in [2.75, 3.05) is 7.11 Å². The lowest BCUT2D eigenvalue weighted by molar-refractivity contribution is 0.406. The maximum atomic E-state index is 5.39. The average Bonchev–Trinajstić information content (AvgIpc) is 2.47. The molecule has 0 spiro atoms. The second-order valence-electron chi connectivity index (χ2n) is 4.92. The standard InChI is InChI=1S/C17H20BrNO/c1-13(11-15-5-3-4-6-17(15)20-2)19-12-14-7-9-16(18)10-8-14/h3-10,13,19H,11-12H2,1-2H3. The normalized spacial score (nSPS) is 12.2. The van der Waals surface area contributed by atoms with Crippen molar-refractivity contribution in [1.82, 2.24) is 5.32 Å². The zero-order chi connectivity index (χ0) is 14.4. The summed E-state index contributed by atoms with van der Waals surface area (Å²) in [6.07, 6.45) is 0.959. The van der Waals surface area contributed by atoms with Gasteiger partial charge in [-0.15, -0.1) is 0 Å². The molecule has 3 heteroatoms. The molecule has 20 heavy (non-hydrogen) atoms. The Balaban J connectivity index is 1.89. The van der Waals surface area contributed by atoms with Gasteiger partial charge in [-0.2, -0.15) is 0 Å². The van der Waals surface area contributed by atoms with E-state index in [4.69, 9.17) is 4.74 Å². The summed E-state index contributed by atoms with van der Waals surface area (Å²) in [7, 11) is 1.72. The lowest BCUT2D eigenvalue weighted by Crippen LogP contribution is -2.27. The van der Waals surface area contributed by atoms with E-state index in [0.29, 0.717) is 6.04 Å². The van der Waals surface area contributed by atoms with Gasteiger partial charge in [0.25, 0.3) is 0 Å². The van der Waals surface area contributed by atoms with Gasteiger partial charge in [-0.3, -0.25) is 0 Å². The number of ether oxygens (including phenoxy) is 1. The molecule has 0 aliphatic heterocycles. The summed E-state index contributed by atoms with van der Waals surface area (Å²) >= 11 is 3.45. The molecule has 1 atom stereocenters. The first kappa shape index (κ1) is 15.1. The summed E-state index contributed by atoms with van der Waals surface area (Å²) in [5.41, 5.74) is 2.53. The van der Waals surface area contributed by atoms with Gasteiger partial charge in [0.15, 0.2) is 0 Å². The molecule has 2 nitrogen and oxygen atoms in total. The Morgan fingerprint density at radius 1 is 1.10 bits per heavy atom. The van der Waals surface area contributed by atoms with Crippen LogP contribution in [-0.2, 0) is 13.0 Å². The number of rotatable bonds is 6. The van der Waals surface area contributed by atoms with E-state index in [0.717, 1.165) is 23.2 Å².